The van der Waals surface area contributed by atoms with Gasteiger partial charge in [-0.2, -0.15) is 0 Å². The Labute approximate surface area is 119 Å². The second-order valence-electron chi connectivity index (χ2n) is 4.18. The van der Waals surface area contributed by atoms with Crippen molar-refractivity contribution in [3.05, 3.63) is 51.6 Å². The number of aryl methyl sites for hydroxylation is 2. The quantitative estimate of drug-likeness (QED) is 0.929. The van der Waals surface area contributed by atoms with Crippen molar-refractivity contribution in [2.45, 2.75) is 13.8 Å². The molecule has 0 aliphatic carbocycles. The van der Waals surface area contributed by atoms with Gasteiger partial charge in [0.05, 0.1) is 10.0 Å². The van der Waals surface area contributed by atoms with Gasteiger partial charge in [0, 0.05) is 6.20 Å². The minimum Gasteiger partial charge on any atom is -0.478 e. The molecule has 1 aromatic heterocycles. The molecule has 0 saturated heterocycles. The highest BCUT2D eigenvalue weighted by atomic mass is 79.9. The van der Waals surface area contributed by atoms with Crippen LogP contribution >= 0.6 is 15.9 Å². The normalized spacial score (nSPS) is 10.3. The molecular formula is C14H12BrNO3. The SMILES string of the molecule is Cc1cnc(Oc2ccc(C(=O)O)c(C)c2)c(Br)c1. The van der Waals surface area contributed by atoms with Crippen LogP contribution < -0.4 is 4.74 Å². The molecule has 0 unspecified atom stereocenters. The molecule has 19 heavy (non-hydrogen) atoms. The first-order chi connectivity index (χ1) is 8.97. The van der Waals surface area contributed by atoms with E-state index in [-0.39, 0.29) is 5.56 Å². The highest BCUT2D eigenvalue weighted by Crippen LogP contribution is 2.29. The van der Waals surface area contributed by atoms with E-state index in [0.29, 0.717) is 17.2 Å². The van der Waals surface area contributed by atoms with Gasteiger partial charge in [0.15, 0.2) is 0 Å². The second-order valence-corrected chi connectivity index (χ2v) is 5.04. The molecule has 0 saturated carbocycles. The van der Waals surface area contributed by atoms with E-state index < -0.39 is 5.97 Å². The van der Waals surface area contributed by atoms with E-state index in [9.17, 15) is 4.79 Å². The summed E-state index contributed by atoms with van der Waals surface area (Å²) < 4.78 is 6.39. The number of pyridine rings is 1. The lowest BCUT2D eigenvalue weighted by atomic mass is 10.1. The van der Waals surface area contributed by atoms with Crippen LogP contribution in [0.15, 0.2) is 34.9 Å². The van der Waals surface area contributed by atoms with E-state index in [4.69, 9.17) is 9.84 Å². The zero-order chi connectivity index (χ0) is 14.0. The minimum atomic E-state index is -0.946. The predicted molar refractivity (Wildman–Crippen MR) is 74.9 cm³/mol. The van der Waals surface area contributed by atoms with Gasteiger partial charge < -0.3 is 9.84 Å². The Hall–Kier alpha value is -1.88. The lowest BCUT2D eigenvalue weighted by Gasteiger charge is -2.09. The number of hydrogen-bond acceptors (Lipinski definition) is 3. The van der Waals surface area contributed by atoms with Crippen LogP contribution in [0.1, 0.15) is 21.5 Å². The number of ether oxygens (including phenoxy) is 1. The summed E-state index contributed by atoms with van der Waals surface area (Å²) in [6, 6.07) is 6.72. The fourth-order valence-corrected chi connectivity index (χ4v) is 2.19. The number of carboxylic acids is 1. The van der Waals surface area contributed by atoms with Crippen molar-refractivity contribution in [1.82, 2.24) is 4.98 Å². The van der Waals surface area contributed by atoms with Crippen molar-refractivity contribution in [2.75, 3.05) is 0 Å². The standard InChI is InChI=1S/C14H12BrNO3/c1-8-5-12(15)13(16-7-8)19-10-3-4-11(14(17)18)9(2)6-10/h3-7H,1-2H3,(H,17,18). The van der Waals surface area contributed by atoms with Crippen molar-refractivity contribution in [3.63, 3.8) is 0 Å². The number of carbonyl (C=O) groups is 1. The average Bonchev–Trinajstić information content (AvgIpc) is 2.32. The topological polar surface area (TPSA) is 59.4 Å². The maximum atomic E-state index is 10.9. The molecule has 98 valence electrons. The molecule has 0 aliphatic heterocycles. The first-order valence-corrected chi connectivity index (χ1v) is 6.40. The molecule has 0 fully saturated rings. The summed E-state index contributed by atoms with van der Waals surface area (Å²) in [6.45, 7) is 3.67. The average molecular weight is 322 g/mol. The Balaban J connectivity index is 2.29. The van der Waals surface area contributed by atoms with Gasteiger partial charge in [-0.3, -0.25) is 0 Å². The number of carboxylic acid groups (broad SMARTS) is 1. The lowest BCUT2D eigenvalue weighted by molar-refractivity contribution is 0.0696. The van der Waals surface area contributed by atoms with E-state index in [0.717, 1.165) is 10.0 Å². The predicted octanol–water partition coefficient (Wildman–Crippen LogP) is 3.95. The van der Waals surface area contributed by atoms with Crippen LogP contribution in [0.3, 0.4) is 0 Å². The molecule has 2 rings (SSSR count). The van der Waals surface area contributed by atoms with Gasteiger partial charge in [-0.15, -0.1) is 0 Å². The van der Waals surface area contributed by atoms with Crippen LogP contribution in [0.2, 0.25) is 0 Å². The Bertz CT molecular complexity index is 641. The Morgan fingerprint density at radius 3 is 2.63 bits per heavy atom. The molecule has 0 atom stereocenters. The minimum absolute atomic E-state index is 0.267. The van der Waals surface area contributed by atoms with E-state index in [1.165, 1.54) is 6.07 Å². The van der Waals surface area contributed by atoms with Crippen molar-refractivity contribution < 1.29 is 14.6 Å². The van der Waals surface area contributed by atoms with Gasteiger partial charge in [0.2, 0.25) is 5.88 Å². The lowest BCUT2D eigenvalue weighted by Crippen LogP contribution is -1.99. The molecular weight excluding hydrogens is 310 g/mol. The summed E-state index contributed by atoms with van der Waals surface area (Å²) in [5.74, 6) is 0.0614. The summed E-state index contributed by atoms with van der Waals surface area (Å²) in [5.41, 5.74) is 1.94. The number of benzene rings is 1. The first kappa shape index (κ1) is 13.5. The zero-order valence-corrected chi connectivity index (χ0v) is 12.1. The van der Waals surface area contributed by atoms with Crippen LogP contribution in [0.4, 0.5) is 0 Å². The van der Waals surface area contributed by atoms with Crippen molar-refractivity contribution in [1.29, 1.82) is 0 Å². The number of rotatable bonds is 3. The van der Waals surface area contributed by atoms with Crippen LogP contribution in [0, 0.1) is 13.8 Å². The summed E-state index contributed by atoms with van der Waals surface area (Å²) in [7, 11) is 0. The fraction of sp³-hybridized carbons (Fsp3) is 0.143. The molecule has 1 heterocycles. The summed E-state index contributed by atoms with van der Waals surface area (Å²) in [4.78, 5) is 15.1. The van der Waals surface area contributed by atoms with Crippen LogP contribution in [0.5, 0.6) is 11.6 Å². The maximum absolute atomic E-state index is 10.9. The van der Waals surface area contributed by atoms with Crippen LogP contribution in [-0.2, 0) is 0 Å². The molecule has 0 bridgehead atoms. The van der Waals surface area contributed by atoms with Gasteiger partial charge in [-0.05, 0) is 65.2 Å². The Morgan fingerprint density at radius 1 is 1.32 bits per heavy atom. The number of hydrogen-bond donors (Lipinski definition) is 1. The zero-order valence-electron chi connectivity index (χ0n) is 10.5. The number of aromatic carboxylic acids is 1. The Kier molecular flexibility index (Phi) is 3.85. The molecule has 4 nitrogen and oxygen atoms in total. The summed E-state index contributed by atoms with van der Waals surface area (Å²) in [6.07, 6.45) is 1.71. The highest BCUT2D eigenvalue weighted by molar-refractivity contribution is 9.10. The van der Waals surface area contributed by atoms with E-state index >= 15 is 0 Å². The first-order valence-electron chi connectivity index (χ1n) is 5.61. The van der Waals surface area contributed by atoms with Crippen molar-refractivity contribution >= 4 is 21.9 Å². The monoisotopic (exact) mass is 321 g/mol. The van der Waals surface area contributed by atoms with Crippen LogP contribution in [0.25, 0.3) is 0 Å². The molecule has 0 radical (unpaired) electrons. The van der Waals surface area contributed by atoms with Gasteiger partial charge in [-0.1, -0.05) is 0 Å². The fourth-order valence-electron chi connectivity index (χ4n) is 1.65. The second kappa shape index (κ2) is 5.40. The van der Waals surface area contributed by atoms with E-state index in [2.05, 4.69) is 20.9 Å². The maximum Gasteiger partial charge on any atom is 0.335 e. The van der Waals surface area contributed by atoms with Crippen LogP contribution in [-0.4, -0.2) is 16.1 Å². The molecule has 0 amide bonds. The molecule has 2 aromatic rings. The summed E-state index contributed by atoms with van der Waals surface area (Å²) >= 11 is 3.38. The molecule has 1 aromatic carbocycles. The number of halogens is 1. The largest absolute Gasteiger partial charge is 0.478 e. The van der Waals surface area contributed by atoms with Gasteiger partial charge >= 0.3 is 5.97 Å². The highest BCUT2D eigenvalue weighted by Gasteiger charge is 2.09. The van der Waals surface area contributed by atoms with E-state index in [1.807, 2.05) is 13.0 Å². The van der Waals surface area contributed by atoms with E-state index in [1.54, 1.807) is 25.3 Å². The molecule has 5 heteroatoms. The third-order valence-electron chi connectivity index (χ3n) is 2.59. The van der Waals surface area contributed by atoms with Crippen molar-refractivity contribution in [3.8, 4) is 11.6 Å². The number of nitrogens with zero attached hydrogens (tertiary/aromatic N) is 1. The third kappa shape index (κ3) is 3.12. The van der Waals surface area contributed by atoms with Crippen molar-refractivity contribution in [2.24, 2.45) is 0 Å². The van der Waals surface area contributed by atoms with Gasteiger partial charge in [-0.25, -0.2) is 9.78 Å². The van der Waals surface area contributed by atoms with Gasteiger partial charge in [0.1, 0.15) is 5.75 Å². The molecule has 1 N–H and O–H groups in total. The Morgan fingerprint density at radius 2 is 2.05 bits per heavy atom. The summed E-state index contributed by atoms with van der Waals surface area (Å²) in [5, 5.41) is 8.96. The molecule has 0 aliphatic rings. The third-order valence-corrected chi connectivity index (χ3v) is 3.16. The van der Waals surface area contributed by atoms with Gasteiger partial charge in [0.25, 0.3) is 0 Å². The smallest absolute Gasteiger partial charge is 0.335 e. The molecule has 0 spiro atoms. The number of aromatic nitrogens is 1.